The minimum Gasteiger partial charge on any atom is -0.306 e. The fourth-order valence-electron chi connectivity index (χ4n) is 2.14. The van der Waals surface area contributed by atoms with Crippen molar-refractivity contribution >= 4 is 39.6 Å². The van der Waals surface area contributed by atoms with Gasteiger partial charge in [-0.25, -0.2) is 4.98 Å². The van der Waals surface area contributed by atoms with Gasteiger partial charge in [0, 0.05) is 17.8 Å². The second-order valence-corrected chi connectivity index (χ2v) is 6.58. The Morgan fingerprint density at radius 2 is 2.14 bits per heavy atom. The Kier molecular flexibility index (Phi) is 3.84. The van der Waals surface area contributed by atoms with Crippen LogP contribution < -0.4 is 5.32 Å². The summed E-state index contributed by atoms with van der Waals surface area (Å²) in [4.78, 5) is 17.8. The molecule has 0 saturated heterocycles. The lowest BCUT2D eigenvalue weighted by Gasteiger charge is -2.05. The van der Waals surface area contributed by atoms with Gasteiger partial charge < -0.3 is 5.32 Å². The Labute approximate surface area is 136 Å². The van der Waals surface area contributed by atoms with Crippen LogP contribution >= 0.6 is 22.9 Å². The summed E-state index contributed by atoms with van der Waals surface area (Å²) < 4.78 is 1.93. The first-order valence-corrected chi connectivity index (χ1v) is 7.94. The van der Waals surface area contributed by atoms with Crippen LogP contribution in [0.4, 0.5) is 5.82 Å². The van der Waals surface area contributed by atoms with E-state index in [2.05, 4.69) is 20.5 Å². The van der Waals surface area contributed by atoms with E-state index in [1.54, 1.807) is 12.1 Å². The Bertz CT molecular complexity index is 837. The molecule has 0 radical (unpaired) electrons. The van der Waals surface area contributed by atoms with E-state index in [9.17, 15) is 4.79 Å². The summed E-state index contributed by atoms with van der Waals surface area (Å²) in [6, 6.07) is 3.34. The van der Waals surface area contributed by atoms with Gasteiger partial charge >= 0.3 is 0 Å². The zero-order valence-corrected chi connectivity index (χ0v) is 13.9. The van der Waals surface area contributed by atoms with E-state index < -0.39 is 0 Å². The summed E-state index contributed by atoms with van der Waals surface area (Å²) >= 11 is 7.10. The maximum absolute atomic E-state index is 12.4. The standard InChI is InChI=1S/C14H14ClN5OS/c1-7(2)12-18-19-14-20(12)8(3)11(22-14)13(21)17-10-5-4-9(15)6-16-10/h4-7H,1-3H3,(H,16,17,21). The van der Waals surface area contributed by atoms with E-state index >= 15 is 0 Å². The van der Waals surface area contributed by atoms with Crippen LogP contribution in [0.3, 0.4) is 0 Å². The molecule has 0 fully saturated rings. The number of carbonyl (C=O) groups is 1. The fourth-order valence-corrected chi connectivity index (χ4v) is 3.22. The van der Waals surface area contributed by atoms with Gasteiger partial charge in [0.15, 0.2) is 0 Å². The number of pyridine rings is 1. The molecule has 114 valence electrons. The maximum Gasteiger partial charge on any atom is 0.268 e. The van der Waals surface area contributed by atoms with Crippen LogP contribution in [0.1, 0.15) is 41.0 Å². The molecule has 8 heteroatoms. The highest BCUT2D eigenvalue weighted by molar-refractivity contribution is 7.19. The zero-order valence-electron chi connectivity index (χ0n) is 12.3. The molecule has 0 atom stereocenters. The number of halogens is 1. The first-order valence-electron chi connectivity index (χ1n) is 6.74. The van der Waals surface area contributed by atoms with Crippen molar-refractivity contribution in [2.45, 2.75) is 26.7 Å². The molecule has 3 aromatic rings. The lowest BCUT2D eigenvalue weighted by molar-refractivity contribution is 0.102. The van der Waals surface area contributed by atoms with E-state index in [0.717, 1.165) is 16.5 Å². The van der Waals surface area contributed by atoms with Gasteiger partial charge in [-0.2, -0.15) is 0 Å². The normalized spacial score (nSPS) is 11.3. The average Bonchev–Trinajstić information content (AvgIpc) is 3.02. The summed E-state index contributed by atoms with van der Waals surface area (Å²) in [5.41, 5.74) is 0.833. The van der Waals surface area contributed by atoms with Crippen molar-refractivity contribution in [1.82, 2.24) is 19.6 Å². The number of aryl methyl sites for hydroxylation is 1. The molecule has 0 bridgehead atoms. The summed E-state index contributed by atoms with van der Waals surface area (Å²) in [6.45, 7) is 5.98. The number of thiazole rings is 1. The van der Waals surface area contributed by atoms with Crippen molar-refractivity contribution in [1.29, 1.82) is 0 Å². The monoisotopic (exact) mass is 335 g/mol. The van der Waals surface area contributed by atoms with Gasteiger partial charge in [0.25, 0.3) is 5.91 Å². The van der Waals surface area contributed by atoms with E-state index in [1.807, 2.05) is 25.2 Å². The number of nitrogens with zero attached hydrogens (tertiary/aromatic N) is 4. The average molecular weight is 336 g/mol. The van der Waals surface area contributed by atoms with E-state index in [0.29, 0.717) is 15.7 Å². The zero-order chi connectivity index (χ0) is 15.9. The molecule has 0 unspecified atom stereocenters. The van der Waals surface area contributed by atoms with Crippen molar-refractivity contribution in [2.75, 3.05) is 5.32 Å². The van der Waals surface area contributed by atoms with Gasteiger partial charge in [-0.3, -0.25) is 9.20 Å². The van der Waals surface area contributed by atoms with Gasteiger partial charge in [-0.05, 0) is 19.1 Å². The molecule has 0 aliphatic heterocycles. The van der Waals surface area contributed by atoms with Gasteiger partial charge in [0.1, 0.15) is 16.5 Å². The number of hydrogen-bond donors (Lipinski definition) is 1. The molecular weight excluding hydrogens is 322 g/mol. The third-order valence-electron chi connectivity index (χ3n) is 3.21. The number of amides is 1. The third-order valence-corrected chi connectivity index (χ3v) is 4.56. The van der Waals surface area contributed by atoms with Crippen molar-refractivity contribution in [2.24, 2.45) is 0 Å². The summed E-state index contributed by atoms with van der Waals surface area (Å²) in [5, 5.41) is 11.6. The molecule has 0 saturated carbocycles. The third kappa shape index (κ3) is 2.57. The second-order valence-electron chi connectivity index (χ2n) is 5.16. The van der Waals surface area contributed by atoms with E-state index in [1.165, 1.54) is 17.5 Å². The van der Waals surface area contributed by atoms with E-state index in [-0.39, 0.29) is 11.8 Å². The number of carbonyl (C=O) groups excluding carboxylic acids is 1. The van der Waals surface area contributed by atoms with Crippen molar-refractivity contribution < 1.29 is 4.79 Å². The molecule has 3 heterocycles. The number of aromatic nitrogens is 4. The van der Waals surface area contributed by atoms with Crippen LogP contribution in [0, 0.1) is 6.92 Å². The smallest absolute Gasteiger partial charge is 0.268 e. The predicted molar refractivity (Wildman–Crippen MR) is 86.9 cm³/mol. The van der Waals surface area contributed by atoms with Crippen molar-refractivity contribution in [3.05, 3.63) is 39.7 Å². The molecule has 0 spiro atoms. The highest BCUT2D eigenvalue weighted by atomic mass is 35.5. The summed E-state index contributed by atoms with van der Waals surface area (Å²) in [7, 11) is 0. The molecule has 22 heavy (non-hydrogen) atoms. The summed E-state index contributed by atoms with van der Waals surface area (Å²) in [5.74, 6) is 1.34. The lowest BCUT2D eigenvalue weighted by Crippen LogP contribution is -2.13. The second kappa shape index (κ2) is 5.66. The highest BCUT2D eigenvalue weighted by Gasteiger charge is 2.21. The van der Waals surface area contributed by atoms with Gasteiger partial charge in [0.05, 0.1) is 5.02 Å². The van der Waals surface area contributed by atoms with Crippen LogP contribution in [0.15, 0.2) is 18.3 Å². The molecular formula is C14H14ClN5OS. The van der Waals surface area contributed by atoms with E-state index in [4.69, 9.17) is 11.6 Å². The molecule has 3 rings (SSSR count). The van der Waals surface area contributed by atoms with Crippen LogP contribution in [0.2, 0.25) is 5.02 Å². The van der Waals surface area contributed by atoms with Gasteiger partial charge in [-0.15, -0.1) is 10.2 Å². The van der Waals surface area contributed by atoms with Crippen molar-refractivity contribution in [3.8, 4) is 0 Å². The Morgan fingerprint density at radius 1 is 1.36 bits per heavy atom. The molecule has 0 aliphatic carbocycles. The van der Waals surface area contributed by atoms with Crippen LogP contribution in [0.5, 0.6) is 0 Å². The van der Waals surface area contributed by atoms with Crippen molar-refractivity contribution in [3.63, 3.8) is 0 Å². The first-order chi connectivity index (χ1) is 10.5. The van der Waals surface area contributed by atoms with Gasteiger partial charge in [0.2, 0.25) is 4.96 Å². The van der Waals surface area contributed by atoms with Crippen LogP contribution in [-0.2, 0) is 0 Å². The molecule has 3 aromatic heterocycles. The fraction of sp³-hybridized carbons (Fsp3) is 0.286. The Balaban J connectivity index is 1.94. The number of hydrogen-bond acceptors (Lipinski definition) is 5. The Morgan fingerprint density at radius 3 is 2.77 bits per heavy atom. The first kappa shape index (κ1) is 14.9. The quantitative estimate of drug-likeness (QED) is 0.794. The van der Waals surface area contributed by atoms with Gasteiger partial charge in [-0.1, -0.05) is 36.8 Å². The number of nitrogens with one attached hydrogen (secondary N) is 1. The molecule has 1 N–H and O–H groups in total. The molecule has 6 nitrogen and oxygen atoms in total. The number of fused-ring (bicyclic) bond motifs is 1. The molecule has 0 aliphatic rings. The topological polar surface area (TPSA) is 72.2 Å². The minimum absolute atomic E-state index is 0.211. The summed E-state index contributed by atoms with van der Waals surface area (Å²) in [6.07, 6.45) is 1.49. The lowest BCUT2D eigenvalue weighted by atomic mass is 10.2. The minimum atomic E-state index is -0.211. The maximum atomic E-state index is 12.4. The molecule has 1 amide bonds. The SMILES string of the molecule is Cc1c(C(=O)Nc2ccc(Cl)cn2)sc2nnc(C(C)C)n12. The number of rotatable bonds is 3. The Hall–Kier alpha value is -1.99. The van der Waals surface area contributed by atoms with Crippen LogP contribution in [0.25, 0.3) is 4.96 Å². The predicted octanol–water partition coefficient (Wildman–Crippen LogP) is 3.52. The largest absolute Gasteiger partial charge is 0.306 e. The number of anilines is 1. The van der Waals surface area contributed by atoms with Crippen LogP contribution in [-0.4, -0.2) is 25.5 Å². The highest BCUT2D eigenvalue weighted by Crippen LogP contribution is 2.26. The molecule has 0 aromatic carbocycles.